The summed E-state index contributed by atoms with van der Waals surface area (Å²) in [7, 11) is 2.02. The highest BCUT2D eigenvalue weighted by molar-refractivity contribution is 7.71. The molecule has 4 rings (SSSR count). The third-order valence-corrected chi connectivity index (χ3v) is 6.66. The lowest BCUT2D eigenvalue weighted by Gasteiger charge is -2.24. The highest BCUT2D eigenvalue weighted by atomic mass is 32.1. The minimum absolute atomic E-state index is 0.403. The van der Waals surface area contributed by atoms with Gasteiger partial charge in [-0.05, 0) is 61.1 Å². The zero-order valence-corrected chi connectivity index (χ0v) is 18.0. The Bertz CT molecular complexity index is 959. The molecule has 0 unspecified atom stereocenters. The summed E-state index contributed by atoms with van der Waals surface area (Å²) in [5.41, 5.74) is 1.34. The second-order valence-corrected chi connectivity index (χ2v) is 8.52. The van der Waals surface area contributed by atoms with Crippen LogP contribution in [0.15, 0.2) is 41.8 Å². The maximum Gasteiger partial charge on any atom is 0.198 e. The predicted molar refractivity (Wildman–Crippen MR) is 115 cm³/mol. The molecule has 0 spiro atoms. The van der Waals surface area contributed by atoms with Crippen molar-refractivity contribution < 1.29 is 4.74 Å². The molecular weight excluding hydrogens is 388 g/mol. The topological polar surface area (TPSA) is 35.2 Å². The highest BCUT2D eigenvalue weighted by Crippen LogP contribution is 2.33. The third-order valence-electron chi connectivity index (χ3n) is 5.30. The summed E-state index contributed by atoms with van der Waals surface area (Å²) >= 11 is 7.43. The summed E-state index contributed by atoms with van der Waals surface area (Å²) in [5, 5.41) is 6.94. The standard InChI is InChI=1S/C21H26N4OS2/c1-3-26-17-10-8-16(9-11-17)19-7-4-12-24(19)15-25-21(27)23(2)20(22-25)14-18-6-5-13-28-18/h5-6,8-11,13,19H,3-4,7,12,14-15H2,1-2H3/t19-/m1/s1. The Labute approximate surface area is 175 Å². The van der Waals surface area contributed by atoms with Gasteiger partial charge >= 0.3 is 0 Å². The molecule has 148 valence electrons. The average molecular weight is 415 g/mol. The number of aromatic nitrogens is 3. The number of hydrogen-bond acceptors (Lipinski definition) is 5. The molecule has 0 saturated carbocycles. The molecule has 0 N–H and O–H groups in total. The number of nitrogens with zero attached hydrogens (tertiary/aromatic N) is 4. The number of ether oxygens (including phenoxy) is 1. The van der Waals surface area contributed by atoms with Gasteiger partial charge in [0.15, 0.2) is 4.77 Å². The van der Waals surface area contributed by atoms with Crippen LogP contribution >= 0.6 is 23.6 Å². The monoisotopic (exact) mass is 414 g/mol. The normalized spacial score (nSPS) is 17.3. The second kappa shape index (κ2) is 8.59. The van der Waals surface area contributed by atoms with Gasteiger partial charge in [-0.1, -0.05) is 18.2 Å². The van der Waals surface area contributed by atoms with Gasteiger partial charge in [0.25, 0.3) is 0 Å². The molecule has 1 atom stereocenters. The molecule has 5 nitrogen and oxygen atoms in total. The molecule has 2 aromatic heterocycles. The summed E-state index contributed by atoms with van der Waals surface area (Å²) in [6, 6.07) is 13.1. The van der Waals surface area contributed by atoms with E-state index >= 15 is 0 Å². The van der Waals surface area contributed by atoms with Crippen LogP contribution in [0.1, 0.15) is 42.1 Å². The number of rotatable bonds is 7. The molecule has 0 radical (unpaired) electrons. The van der Waals surface area contributed by atoms with Crippen LogP contribution in [-0.4, -0.2) is 32.4 Å². The molecule has 0 bridgehead atoms. The fraction of sp³-hybridized carbons (Fsp3) is 0.429. The smallest absolute Gasteiger partial charge is 0.198 e. The van der Waals surface area contributed by atoms with Gasteiger partial charge in [0.05, 0.1) is 13.3 Å². The lowest BCUT2D eigenvalue weighted by atomic mass is 10.0. The van der Waals surface area contributed by atoms with Crippen molar-refractivity contribution in [3.63, 3.8) is 0 Å². The molecule has 1 aliphatic heterocycles. The van der Waals surface area contributed by atoms with Crippen molar-refractivity contribution in [1.82, 2.24) is 19.2 Å². The average Bonchev–Trinajstić information content (AvgIpc) is 3.43. The van der Waals surface area contributed by atoms with Crippen LogP contribution in [0, 0.1) is 4.77 Å². The Morgan fingerprint density at radius 1 is 1.25 bits per heavy atom. The summed E-state index contributed by atoms with van der Waals surface area (Å²) in [6.07, 6.45) is 3.18. The first-order valence-corrected chi connectivity index (χ1v) is 11.1. The van der Waals surface area contributed by atoms with E-state index in [1.165, 1.54) is 16.9 Å². The van der Waals surface area contributed by atoms with Gasteiger partial charge in [-0.25, -0.2) is 4.68 Å². The van der Waals surface area contributed by atoms with Crippen LogP contribution in [0.3, 0.4) is 0 Å². The first-order valence-electron chi connectivity index (χ1n) is 9.77. The van der Waals surface area contributed by atoms with Gasteiger partial charge in [0, 0.05) is 30.9 Å². The predicted octanol–water partition coefficient (Wildman–Crippen LogP) is 4.80. The van der Waals surface area contributed by atoms with Crippen molar-refractivity contribution in [3.05, 3.63) is 62.8 Å². The molecule has 0 aliphatic carbocycles. The van der Waals surface area contributed by atoms with E-state index < -0.39 is 0 Å². The molecule has 28 heavy (non-hydrogen) atoms. The maximum atomic E-state index is 5.67. The Balaban J connectivity index is 1.50. The first-order chi connectivity index (χ1) is 13.7. The Morgan fingerprint density at radius 2 is 2.07 bits per heavy atom. The molecule has 1 aromatic carbocycles. The molecule has 1 saturated heterocycles. The van der Waals surface area contributed by atoms with Crippen molar-refractivity contribution in [3.8, 4) is 5.75 Å². The van der Waals surface area contributed by atoms with Gasteiger partial charge in [-0.2, -0.15) is 5.10 Å². The van der Waals surface area contributed by atoms with E-state index in [1.54, 1.807) is 11.3 Å². The first kappa shape index (κ1) is 19.4. The van der Waals surface area contributed by atoms with Crippen molar-refractivity contribution in [2.75, 3.05) is 13.2 Å². The van der Waals surface area contributed by atoms with E-state index in [2.05, 4.69) is 46.7 Å². The van der Waals surface area contributed by atoms with E-state index in [4.69, 9.17) is 22.1 Å². The maximum absolute atomic E-state index is 5.67. The van der Waals surface area contributed by atoms with Crippen LogP contribution in [-0.2, 0) is 20.1 Å². The van der Waals surface area contributed by atoms with Crippen LogP contribution in [0.25, 0.3) is 0 Å². The Kier molecular flexibility index (Phi) is 5.94. The van der Waals surface area contributed by atoms with E-state index in [9.17, 15) is 0 Å². The SMILES string of the molecule is CCOc1ccc([C@H]2CCCN2Cn2nc(Cc3cccs3)n(C)c2=S)cc1. The summed E-state index contributed by atoms with van der Waals surface area (Å²) < 4.78 is 10.4. The van der Waals surface area contributed by atoms with Crippen LogP contribution in [0.4, 0.5) is 0 Å². The van der Waals surface area contributed by atoms with Crippen LogP contribution < -0.4 is 4.74 Å². The van der Waals surface area contributed by atoms with Gasteiger partial charge in [-0.3, -0.25) is 4.90 Å². The number of hydrogen-bond donors (Lipinski definition) is 0. The van der Waals surface area contributed by atoms with E-state index in [1.807, 2.05) is 23.2 Å². The summed E-state index contributed by atoms with van der Waals surface area (Å²) in [6.45, 7) is 4.50. The van der Waals surface area contributed by atoms with E-state index in [-0.39, 0.29) is 0 Å². The molecular formula is C21H26N4OS2. The van der Waals surface area contributed by atoms with Crippen LogP contribution in [0.5, 0.6) is 5.75 Å². The number of thiophene rings is 1. The lowest BCUT2D eigenvalue weighted by Crippen LogP contribution is -2.27. The Morgan fingerprint density at radius 3 is 2.79 bits per heavy atom. The van der Waals surface area contributed by atoms with Gasteiger partial charge in [-0.15, -0.1) is 11.3 Å². The molecule has 1 aliphatic rings. The van der Waals surface area contributed by atoms with Gasteiger partial charge in [0.1, 0.15) is 11.6 Å². The summed E-state index contributed by atoms with van der Waals surface area (Å²) in [5.74, 6) is 1.95. The Hall–Kier alpha value is -1.96. The molecule has 3 heterocycles. The van der Waals surface area contributed by atoms with Crippen molar-refractivity contribution >= 4 is 23.6 Å². The quantitative estimate of drug-likeness (QED) is 0.521. The summed E-state index contributed by atoms with van der Waals surface area (Å²) in [4.78, 5) is 3.79. The minimum Gasteiger partial charge on any atom is -0.494 e. The number of benzene rings is 1. The van der Waals surface area contributed by atoms with Gasteiger partial charge < -0.3 is 9.30 Å². The second-order valence-electron chi connectivity index (χ2n) is 7.13. The van der Waals surface area contributed by atoms with Crippen LogP contribution in [0.2, 0.25) is 0 Å². The van der Waals surface area contributed by atoms with Gasteiger partial charge in [0.2, 0.25) is 0 Å². The largest absolute Gasteiger partial charge is 0.494 e. The minimum atomic E-state index is 0.403. The van der Waals surface area contributed by atoms with Crippen molar-refractivity contribution in [1.29, 1.82) is 0 Å². The molecule has 0 amide bonds. The highest BCUT2D eigenvalue weighted by Gasteiger charge is 2.27. The van der Waals surface area contributed by atoms with E-state index in [0.29, 0.717) is 12.6 Å². The van der Waals surface area contributed by atoms with Crippen molar-refractivity contribution in [2.24, 2.45) is 7.05 Å². The number of likely N-dealkylation sites (tertiary alicyclic amines) is 1. The molecule has 7 heteroatoms. The molecule has 1 fully saturated rings. The van der Waals surface area contributed by atoms with E-state index in [0.717, 1.165) is 42.4 Å². The zero-order chi connectivity index (χ0) is 19.5. The zero-order valence-electron chi connectivity index (χ0n) is 16.4. The van der Waals surface area contributed by atoms with Crippen molar-refractivity contribution in [2.45, 2.75) is 38.9 Å². The molecule has 3 aromatic rings. The fourth-order valence-electron chi connectivity index (χ4n) is 3.85. The fourth-order valence-corrected chi connectivity index (χ4v) is 4.75. The third kappa shape index (κ3) is 4.06. The lowest BCUT2D eigenvalue weighted by molar-refractivity contribution is 0.189.